The Bertz CT molecular complexity index is 212. The zero-order valence-corrected chi connectivity index (χ0v) is 10.1. The van der Waals surface area contributed by atoms with Gasteiger partial charge in [0, 0.05) is 6.54 Å². The number of rotatable bonds is 7. The molecule has 15 heavy (non-hydrogen) atoms. The largest absolute Gasteiger partial charge is 0.468 e. The molecule has 1 atom stereocenters. The Labute approximate surface area is 92.6 Å². The molecule has 0 radical (unpaired) electrons. The molecular formula is C12H23NO2. The number of hydrogen-bond donors (Lipinski definition) is 1. The summed E-state index contributed by atoms with van der Waals surface area (Å²) in [6.45, 7) is 5.33. The molecule has 1 saturated carbocycles. The van der Waals surface area contributed by atoms with E-state index in [0.717, 1.165) is 25.8 Å². The molecule has 0 aromatic rings. The molecule has 1 fully saturated rings. The predicted octanol–water partition coefficient (Wildman–Crippen LogP) is 2.11. The summed E-state index contributed by atoms with van der Waals surface area (Å²) in [5.41, 5.74) is 0.443. The van der Waals surface area contributed by atoms with Crippen LogP contribution in [0, 0.1) is 5.41 Å². The van der Waals surface area contributed by atoms with E-state index in [1.165, 1.54) is 20.0 Å². The highest BCUT2D eigenvalue weighted by Crippen LogP contribution is 2.44. The standard InChI is InChI=1S/C12H23NO2/c1-4-5-6-10(11(14)15-3)13-9-12(2)7-8-12/h10,13H,4-9H2,1-3H3. The Morgan fingerprint density at radius 3 is 2.67 bits per heavy atom. The lowest BCUT2D eigenvalue weighted by atomic mass is 10.1. The highest BCUT2D eigenvalue weighted by atomic mass is 16.5. The van der Waals surface area contributed by atoms with Crippen LogP contribution in [0.15, 0.2) is 0 Å². The summed E-state index contributed by atoms with van der Waals surface area (Å²) >= 11 is 0. The van der Waals surface area contributed by atoms with Crippen molar-refractivity contribution >= 4 is 5.97 Å². The third-order valence-corrected chi connectivity index (χ3v) is 3.21. The first-order valence-corrected chi connectivity index (χ1v) is 5.92. The number of unbranched alkanes of at least 4 members (excludes halogenated alkanes) is 1. The summed E-state index contributed by atoms with van der Waals surface area (Å²) in [7, 11) is 1.46. The predicted molar refractivity (Wildman–Crippen MR) is 60.7 cm³/mol. The third-order valence-electron chi connectivity index (χ3n) is 3.21. The van der Waals surface area contributed by atoms with Crippen molar-refractivity contribution in [1.82, 2.24) is 5.32 Å². The lowest BCUT2D eigenvalue weighted by Crippen LogP contribution is -2.40. The van der Waals surface area contributed by atoms with E-state index >= 15 is 0 Å². The minimum absolute atomic E-state index is 0.104. The van der Waals surface area contributed by atoms with Gasteiger partial charge in [-0.2, -0.15) is 0 Å². The maximum absolute atomic E-state index is 11.5. The number of ether oxygens (including phenoxy) is 1. The fraction of sp³-hybridized carbons (Fsp3) is 0.917. The summed E-state index contributed by atoms with van der Waals surface area (Å²) in [5, 5.41) is 3.33. The van der Waals surface area contributed by atoms with Crippen molar-refractivity contribution in [2.45, 2.75) is 52.0 Å². The topological polar surface area (TPSA) is 38.3 Å². The van der Waals surface area contributed by atoms with Crippen LogP contribution in [-0.2, 0) is 9.53 Å². The van der Waals surface area contributed by atoms with Gasteiger partial charge in [-0.3, -0.25) is 4.79 Å². The average molecular weight is 213 g/mol. The summed E-state index contributed by atoms with van der Waals surface area (Å²) < 4.78 is 4.79. The van der Waals surface area contributed by atoms with Crippen molar-refractivity contribution in [2.24, 2.45) is 5.41 Å². The molecule has 1 aliphatic carbocycles. The summed E-state index contributed by atoms with van der Waals surface area (Å²) in [6.07, 6.45) is 5.64. The highest BCUT2D eigenvalue weighted by molar-refractivity contribution is 5.75. The lowest BCUT2D eigenvalue weighted by molar-refractivity contribution is -0.143. The molecular weight excluding hydrogens is 190 g/mol. The van der Waals surface area contributed by atoms with Gasteiger partial charge in [-0.05, 0) is 24.7 Å². The number of carbonyl (C=O) groups is 1. The monoisotopic (exact) mass is 213 g/mol. The number of hydrogen-bond acceptors (Lipinski definition) is 3. The molecule has 0 heterocycles. The van der Waals surface area contributed by atoms with Gasteiger partial charge in [-0.1, -0.05) is 26.7 Å². The Morgan fingerprint density at radius 2 is 2.20 bits per heavy atom. The van der Waals surface area contributed by atoms with E-state index in [4.69, 9.17) is 4.74 Å². The Morgan fingerprint density at radius 1 is 1.53 bits per heavy atom. The summed E-state index contributed by atoms with van der Waals surface area (Å²) in [4.78, 5) is 11.5. The fourth-order valence-electron chi connectivity index (χ4n) is 1.61. The molecule has 0 amide bonds. The third kappa shape index (κ3) is 4.20. The van der Waals surface area contributed by atoms with Gasteiger partial charge in [0.05, 0.1) is 7.11 Å². The molecule has 1 N–H and O–H groups in total. The zero-order chi connectivity index (χ0) is 11.3. The molecule has 0 saturated heterocycles. The van der Waals surface area contributed by atoms with Crippen LogP contribution in [0.25, 0.3) is 0 Å². The summed E-state index contributed by atoms with van der Waals surface area (Å²) in [6, 6.07) is -0.104. The van der Waals surface area contributed by atoms with Crippen molar-refractivity contribution in [3.8, 4) is 0 Å². The van der Waals surface area contributed by atoms with Gasteiger partial charge in [0.2, 0.25) is 0 Å². The van der Waals surface area contributed by atoms with Crippen LogP contribution in [0.3, 0.4) is 0 Å². The molecule has 0 aromatic carbocycles. The second-order valence-corrected chi connectivity index (χ2v) is 4.91. The second kappa shape index (κ2) is 5.50. The van der Waals surface area contributed by atoms with Crippen LogP contribution in [0.2, 0.25) is 0 Å². The van der Waals surface area contributed by atoms with Crippen LogP contribution in [0.5, 0.6) is 0 Å². The minimum atomic E-state index is -0.118. The summed E-state index contributed by atoms with van der Waals surface area (Å²) in [5.74, 6) is -0.118. The van der Waals surface area contributed by atoms with Gasteiger partial charge in [0.25, 0.3) is 0 Å². The van der Waals surface area contributed by atoms with Crippen LogP contribution in [0.1, 0.15) is 46.0 Å². The zero-order valence-electron chi connectivity index (χ0n) is 10.1. The average Bonchev–Trinajstić information content (AvgIpc) is 2.96. The van der Waals surface area contributed by atoms with Crippen molar-refractivity contribution < 1.29 is 9.53 Å². The lowest BCUT2D eigenvalue weighted by Gasteiger charge is -2.18. The Hall–Kier alpha value is -0.570. The van der Waals surface area contributed by atoms with Gasteiger partial charge in [0.1, 0.15) is 6.04 Å². The van der Waals surface area contributed by atoms with E-state index < -0.39 is 0 Å². The van der Waals surface area contributed by atoms with Crippen LogP contribution in [0.4, 0.5) is 0 Å². The quantitative estimate of drug-likeness (QED) is 0.658. The molecule has 0 bridgehead atoms. The van der Waals surface area contributed by atoms with Crippen LogP contribution < -0.4 is 5.32 Å². The first kappa shape index (κ1) is 12.5. The molecule has 0 aromatic heterocycles. The van der Waals surface area contributed by atoms with Crippen molar-refractivity contribution in [3.63, 3.8) is 0 Å². The maximum atomic E-state index is 11.5. The Kier molecular flexibility index (Phi) is 4.58. The van der Waals surface area contributed by atoms with Crippen LogP contribution in [-0.4, -0.2) is 25.7 Å². The van der Waals surface area contributed by atoms with Gasteiger partial charge in [-0.25, -0.2) is 0 Å². The number of nitrogens with one attached hydrogen (secondary N) is 1. The maximum Gasteiger partial charge on any atom is 0.322 e. The molecule has 3 heteroatoms. The fourth-order valence-corrected chi connectivity index (χ4v) is 1.61. The van der Waals surface area contributed by atoms with Gasteiger partial charge in [-0.15, -0.1) is 0 Å². The van der Waals surface area contributed by atoms with Crippen molar-refractivity contribution in [3.05, 3.63) is 0 Å². The molecule has 0 aliphatic heterocycles. The smallest absolute Gasteiger partial charge is 0.322 e. The number of esters is 1. The number of carbonyl (C=O) groups excluding carboxylic acids is 1. The van der Waals surface area contributed by atoms with Gasteiger partial charge < -0.3 is 10.1 Å². The SMILES string of the molecule is CCCCC(NCC1(C)CC1)C(=O)OC. The molecule has 1 unspecified atom stereocenters. The van der Waals surface area contributed by atoms with E-state index in [0.29, 0.717) is 5.41 Å². The molecule has 0 spiro atoms. The highest BCUT2D eigenvalue weighted by Gasteiger charge is 2.37. The molecule has 1 aliphatic rings. The normalized spacial score (nSPS) is 19.7. The van der Waals surface area contributed by atoms with E-state index in [9.17, 15) is 4.79 Å². The van der Waals surface area contributed by atoms with Crippen LogP contribution >= 0.6 is 0 Å². The minimum Gasteiger partial charge on any atom is -0.468 e. The van der Waals surface area contributed by atoms with E-state index in [1.54, 1.807) is 0 Å². The van der Waals surface area contributed by atoms with Gasteiger partial charge in [0.15, 0.2) is 0 Å². The van der Waals surface area contributed by atoms with Crippen molar-refractivity contribution in [1.29, 1.82) is 0 Å². The molecule has 3 nitrogen and oxygen atoms in total. The van der Waals surface area contributed by atoms with Gasteiger partial charge >= 0.3 is 5.97 Å². The molecule has 1 rings (SSSR count). The Balaban J connectivity index is 2.30. The van der Waals surface area contributed by atoms with E-state index in [-0.39, 0.29) is 12.0 Å². The molecule has 88 valence electrons. The van der Waals surface area contributed by atoms with E-state index in [2.05, 4.69) is 19.2 Å². The number of methoxy groups -OCH3 is 1. The first-order chi connectivity index (χ1) is 7.11. The second-order valence-electron chi connectivity index (χ2n) is 4.91. The van der Waals surface area contributed by atoms with E-state index in [1.807, 2.05) is 0 Å². The first-order valence-electron chi connectivity index (χ1n) is 5.92. The van der Waals surface area contributed by atoms with Crippen molar-refractivity contribution in [2.75, 3.05) is 13.7 Å².